The number of amides is 1. The first kappa shape index (κ1) is 17.8. The first-order valence-corrected chi connectivity index (χ1v) is 9.82. The lowest BCUT2D eigenvalue weighted by molar-refractivity contribution is -0.133. The van der Waals surface area contributed by atoms with Crippen LogP contribution in [0.15, 0.2) is 66.7 Å². The van der Waals surface area contributed by atoms with Gasteiger partial charge in [0.25, 0.3) is 0 Å². The standard InChI is InChI=1S/C24H27NO2/c1-18-22-12-7-13-23(26)25(22)15-14-24(18,2)20-10-6-11-21(16-20)27-17-19-8-4-3-5-9-19/h3-11,13,16,18,22H,12,14-15,17H2,1-2H3/t18-,22?,24+/m0/s1. The third-order valence-corrected chi connectivity index (χ3v) is 6.52. The number of carbonyl (C=O) groups excluding carboxylic acids is 1. The van der Waals surface area contributed by atoms with Gasteiger partial charge in [-0.25, -0.2) is 0 Å². The second-order valence-corrected chi connectivity index (χ2v) is 8.00. The largest absolute Gasteiger partial charge is 0.489 e. The van der Waals surface area contributed by atoms with Gasteiger partial charge in [-0.3, -0.25) is 4.79 Å². The molecule has 0 spiro atoms. The number of hydrogen-bond donors (Lipinski definition) is 0. The maximum absolute atomic E-state index is 12.2. The molecule has 2 aromatic carbocycles. The number of rotatable bonds is 4. The zero-order valence-electron chi connectivity index (χ0n) is 16.1. The summed E-state index contributed by atoms with van der Waals surface area (Å²) in [7, 11) is 0. The predicted octanol–water partition coefficient (Wildman–Crippen LogP) is 4.72. The molecule has 2 heterocycles. The van der Waals surface area contributed by atoms with Gasteiger partial charge in [-0.15, -0.1) is 0 Å². The van der Waals surface area contributed by atoms with Gasteiger partial charge in [0.05, 0.1) is 0 Å². The van der Waals surface area contributed by atoms with Gasteiger partial charge in [0.1, 0.15) is 12.4 Å². The molecule has 3 nitrogen and oxygen atoms in total. The molecule has 3 heteroatoms. The average molecular weight is 361 g/mol. The Balaban J connectivity index is 1.54. The van der Waals surface area contributed by atoms with Crippen LogP contribution >= 0.6 is 0 Å². The van der Waals surface area contributed by atoms with E-state index in [1.165, 1.54) is 11.1 Å². The molecule has 3 atom stereocenters. The van der Waals surface area contributed by atoms with E-state index >= 15 is 0 Å². The van der Waals surface area contributed by atoms with E-state index in [-0.39, 0.29) is 17.4 Å². The molecule has 2 aliphatic heterocycles. The van der Waals surface area contributed by atoms with Crippen LogP contribution in [-0.4, -0.2) is 23.4 Å². The van der Waals surface area contributed by atoms with E-state index in [0.717, 1.165) is 25.1 Å². The molecule has 0 saturated carbocycles. The number of piperidine rings is 1. The summed E-state index contributed by atoms with van der Waals surface area (Å²) in [6.07, 6.45) is 5.69. The lowest BCUT2D eigenvalue weighted by Crippen LogP contribution is -2.56. The van der Waals surface area contributed by atoms with Crippen LogP contribution < -0.4 is 4.74 Å². The Morgan fingerprint density at radius 3 is 2.78 bits per heavy atom. The molecule has 4 rings (SSSR count). The van der Waals surface area contributed by atoms with Crippen molar-refractivity contribution in [2.75, 3.05) is 6.54 Å². The Kier molecular flexibility index (Phi) is 4.77. The van der Waals surface area contributed by atoms with Crippen molar-refractivity contribution in [3.05, 3.63) is 77.9 Å². The molecule has 0 aliphatic carbocycles. The monoisotopic (exact) mass is 361 g/mol. The van der Waals surface area contributed by atoms with Crippen molar-refractivity contribution < 1.29 is 9.53 Å². The molecule has 2 aromatic rings. The van der Waals surface area contributed by atoms with Gasteiger partial charge in [0.15, 0.2) is 0 Å². The van der Waals surface area contributed by atoms with Crippen LogP contribution in [-0.2, 0) is 16.8 Å². The molecule has 0 aromatic heterocycles. The van der Waals surface area contributed by atoms with E-state index in [0.29, 0.717) is 12.5 Å². The highest BCUT2D eigenvalue weighted by atomic mass is 16.5. The van der Waals surface area contributed by atoms with Gasteiger partial charge < -0.3 is 9.64 Å². The van der Waals surface area contributed by atoms with E-state index < -0.39 is 0 Å². The molecule has 1 amide bonds. The zero-order valence-corrected chi connectivity index (χ0v) is 16.1. The van der Waals surface area contributed by atoms with Crippen molar-refractivity contribution in [1.82, 2.24) is 4.90 Å². The van der Waals surface area contributed by atoms with Crippen LogP contribution in [0.4, 0.5) is 0 Å². The molecule has 140 valence electrons. The zero-order chi connectivity index (χ0) is 18.9. The van der Waals surface area contributed by atoms with Crippen molar-refractivity contribution in [1.29, 1.82) is 0 Å². The van der Waals surface area contributed by atoms with Crippen molar-refractivity contribution >= 4 is 5.91 Å². The fourth-order valence-corrected chi connectivity index (χ4v) is 4.54. The third kappa shape index (κ3) is 3.39. The predicted molar refractivity (Wildman–Crippen MR) is 108 cm³/mol. The molecule has 27 heavy (non-hydrogen) atoms. The van der Waals surface area contributed by atoms with Gasteiger partial charge in [0, 0.05) is 12.6 Å². The molecule has 1 saturated heterocycles. The van der Waals surface area contributed by atoms with Crippen LogP contribution in [0, 0.1) is 5.92 Å². The van der Waals surface area contributed by atoms with Gasteiger partial charge in [-0.05, 0) is 53.5 Å². The highest BCUT2D eigenvalue weighted by Gasteiger charge is 2.45. The smallest absolute Gasteiger partial charge is 0.246 e. The van der Waals surface area contributed by atoms with E-state index in [9.17, 15) is 4.79 Å². The topological polar surface area (TPSA) is 29.5 Å². The second-order valence-electron chi connectivity index (χ2n) is 8.00. The molecule has 1 unspecified atom stereocenters. The summed E-state index contributed by atoms with van der Waals surface area (Å²) in [5.41, 5.74) is 2.52. The third-order valence-electron chi connectivity index (χ3n) is 6.52. The normalized spacial score (nSPS) is 27.3. The van der Waals surface area contributed by atoms with Crippen molar-refractivity contribution in [2.45, 2.75) is 44.8 Å². The summed E-state index contributed by atoms with van der Waals surface area (Å²) in [5, 5.41) is 0. The summed E-state index contributed by atoms with van der Waals surface area (Å²) < 4.78 is 6.05. The van der Waals surface area contributed by atoms with Crippen LogP contribution in [0.25, 0.3) is 0 Å². The maximum Gasteiger partial charge on any atom is 0.246 e. The Morgan fingerprint density at radius 1 is 1.15 bits per heavy atom. The van der Waals surface area contributed by atoms with Crippen molar-refractivity contribution in [2.24, 2.45) is 5.92 Å². The number of hydrogen-bond acceptors (Lipinski definition) is 2. The van der Waals surface area contributed by atoms with Crippen molar-refractivity contribution in [3.63, 3.8) is 0 Å². The first-order valence-electron chi connectivity index (χ1n) is 9.82. The van der Waals surface area contributed by atoms with Crippen LogP contribution in [0.1, 0.15) is 37.8 Å². The number of ether oxygens (including phenoxy) is 1. The van der Waals surface area contributed by atoms with E-state index in [2.05, 4.69) is 49.1 Å². The average Bonchev–Trinajstić information content (AvgIpc) is 2.71. The summed E-state index contributed by atoms with van der Waals surface area (Å²) >= 11 is 0. The summed E-state index contributed by atoms with van der Waals surface area (Å²) in [5.74, 6) is 1.47. The summed E-state index contributed by atoms with van der Waals surface area (Å²) in [4.78, 5) is 14.3. The van der Waals surface area contributed by atoms with Crippen LogP contribution in [0.2, 0.25) is 0 Å². The molecule has 2 aliphatic rings. The highest BCUT2D eigenvalue weighted by Crippen LogP contribution is 2.45. The van der Waals surface area contributed by atoms with Gasteiger partial charge in [0.2, 0.25) is 5.91 Å². The van der Waals surface area contributed by atoms with Gasteiger partial charge in [-0.1, -0.05) is 62.4 Å². The quantitative estimate of drug-likeness (QED) is 0.788. The minimum Gasteiger partial charge on any atom is -0.489 e. The van der Waals surface area contributed by atoms with E-state index in [4.69, 9.17) is 4.74 Å². The van der Waals surface area contributed by atoms with Crippen LogP contribution in [0.5, 0.6) is 5.75 Å². The Bertz CT molecular complexity index is 844. The minimum absolute atomic E-state index is 0.0404. The summed E-state index contributed by atoms with van der Waals surface area (Å²) in [6, 6.07) is 19.1. The molecule has 0 bridgehead atoms. The molecular weight excluding hydrogens is 334 g/mol. The van der Waals surface area contributed by atoms with Gasteiger partial charge >= 0.3 is 0 Å². The van der Waals surface area contributed by atoms with Crippen LogP contribution in [0.3, 0.4) is 0 Å². The van der Waals surface area contributed by atoms with E-state index in [1.54, 1.807) is 6.08 Å². The maximum atomic E-state index is 12.2. The lowest BCUT2D eigenvalue weighted by Gasteiger charge is -2.51. The van der Waals surface area contributed by atoms with Crippen molar-refractivity contribution in [3.8, 4) is 5.75 Å². The van der Waals surface area contributed by atoms with E-state index in [1.807, 2.05) is 30.3 Å². The fraction of sp³-hybridized carbons (Fsp3) is 0.375. The lowest BCUT2D eigenvalue weighted by atomic mass is 9.64. The molecule has 1 fully saturated rings. The molecular formula is C24H27NO2. The SMILES string of the molecule is C[C@H]1C2CC=CC(=O)N2CC[C@@]1(C)c1cccc(OCc2ccccc2)c1. The summed E-state index contributed by atoms with van der Waals surface area (Å²) in [6.45, 7) is 6.03. The van der Waals surface area contributed by atoms with Gasteiger partial charge in [-0.2, -0.15) is 0 Å². The minimum atomic E-state index is 0.0404. The first-order chi connectivity index (χ1) is 13.1. The number of carbonyl (C=O) groups is 1. The Labute approximate surface area is 161 Å². The molecule has 0 N–H and O–H groups in total. The Hall–Kier alpha value is -2.55. The number of nitrogens with zero attached hydrogens (tertiary/aromatic N) is 1. The second kappa shape index (κ2) is 7.22. The highest BCUT2D eigenvalue weighted by molar-refractivity contribution is 5.88. The Morgan fingerprint density at radius 2 is 1.96 bits per heavy atom. The number of fused-ring (bicyclic) bond motifs is 1. The molecule has 0 radical (unpaired) electrons. The fourth-order valence-electron chi connectivity index (χ4n) is 4.54. The number of benzene rings is 2.